The van der Waals surface area contributed by atoms with Crippen molar-refractivity contribution in [2.45, 2.75) is 38.2 Å². The first-order chi connectivity index (χ1) is 10.7. The van der Waals surface area contributed by atoms with Crippen LogP contribution in [0, 0.1) is 0 Å². The summed E-state index contributed by atoms with van der Waals surface area (Å²) in [6, 6.07) is 5.61. The Kier molecular flexibility index (Phi) is 6.52. The van der Waals surface area contributed by atoms with Crippen molar-refractivity contribution in [3.8, 4) is 11.5 Å². The Balaban J connectivity index is 1.77. The Morgan fingerprint density at radius 3 is 2.50 bits per heavy atom. The molecule has 1 aromatic carbocycles. The van der Waals surface area contributed by atoms with Crippen LogP contribution >= 0.6 is 0 Å². The predicted octanol–water partition coefficient (Wildman–Crippen LogP) is 2.75. The summed E-state index contributed by atoms with van der Waals surface area (Å²) in [5.41, 5.74) is 0.988. The van der Waals surface area contributed by atoms with E-state index in [0.29, 0.717) is 19.4 Å². The zero-order valence-corrected chi connectivity index (χ0v) is 13.3. The maximum absolute atomic E-state index is 11.8. The lowest BCUT2D eigenvalue weighted by Gasteiger charge is -2.22. The molecule has 1 aliphatic rings. The van der Waals surface area contributed by atoms with Crippen molar-refractivity contribution < 1.29 is 23.7 Å². The van der Waals surface area contributed by atoms with Crippen LogP contribution in [0.15, 0.2) is 18.2 Å². The number of carbonyl (C=O) groups excluding carboxylic acids is 1. The third-order valence-corrected chi connectivity index (χ3v) is 3.73. The van der Waals surface area contributed by atoms with Gasteiger partial charge in [-0.3, -0.25) is 4.79 Å². The van der Waals surface area contributed by atoms with E-state index in [1.54, 1.807) is 14.2 Å². The van der Waals surface area contributed by atoms with Gasteiger partial charge >= 0.3 is 5.97 Å². The minimum atomic E-state index is -0.198. The van der Waals surface area contributed by atoms with Gasteiger partial charge < -0.3 is 18.9 Å². The van der Waals surface area contributed by atoms with Gasteiger partial charge in [-0.15, -0.1) is 0 Å². The molecule has 1 aliphatic heterocycles. The maximum atomic E-state index is 11.8. The van der Waals surface area contributed by atoms with Gasteiger partial charge in [0.25, 0.3) is 0 Å². The molecule has 0 aliphatic carbocycles. The topological polar surface area (TPSA) is 54.0 Å². The molecular weight excluding hydrogens is 284 g/mol. The molecule has 0 amide bonds. The van der Waals surface area contributed by atoms with Gasteiger partial charge in [0.15, 0.2) is 0 Å². The Labute approximate surface area is 131 Å². The summed E-state index contributed by atoms with van der Waals surface area (Å²) in [7, 11) is 3.22. The molecule has 22 heavy (non-hydrogen) atoms. The average Bonchev–Trinajstić information content (AvgIpc) is 2.58. The van der Waals surface area contributed by atoms with E-state index in [-0.39, 0.29) is 12.1 Å². The first-order valence-corrected chi connectivity index (χ1v) is 7.70. The number of hydrogen-bond donors (Lipinski definition) is 0. The molecule has 122 valence electrons. The van der Waals surface area contributed by atoms with Crippen LogP contribution in [0.2, 0.25) is 0 Å². The lowest BCUT2D eigenvalue weighted by Crippen LogP contribution is -2.26. The molecule has 0 spiro atoms. The van der Waals surface area contributed by atoms with Gasteiger partial charge in [0, 0.05) is 19.1 Å². The number of esters is 1. The normalized spacial score (nSPS) is 17.8. The smallest absolute Gasteiger partial charge is 0.306 e. The SMILES string of the molecule is COc1cc(CCC(=O)OCC2CCCCO2)cc(OC)c1. The molecule has 0 N–H and O–H groups in total. The third kappa shape index (κ3) is 5.22. The summed E-state index contributed by atoms with van der Waals surface area (Å²) in [6.45, 7) is 1.13. The van der Waals surface area contributed by atoms with E-state index in [9.17, 15) is 4.79 Å². The first kappa shape index (κ1) is 16.6. The zero-order valence-electron chi connectivity index (χ0n) is 13.3. The fraction of sp³-hybridized carbons (Fsp3) is 0.588. The molecule has 0 bridgehead atoms. The molecule has 1 unspecified atom stereocenters. The molecule has 5 heteroatoms. The number of hydrogen-bond acceptors (Lipinski definition) is 5. The molecule has 1 atom stereocenters. The van der Waals surface area contributed by atoms with Crippen molar-refractivity contribution >= 4 is 5.97 Å². The van der Waals surface area contributed by atoms with Crippen molar-refractivity contribution in [1.29, 1.82) is 0 Å². The van der Waals surface area contributed by atoms with Crippen LogP contribution in [0.4, 0.5) is 0 Å². The lowest BCUT2D eigenvalue weighted by molar-refractivity contribution is -0.149. The van der Waals surface area contributed by atoms with Crippen LogP contribution in [0.25, 0.3) is 0 Å². The molecule has 1 saturated heterocycles. The Hall–Kier alpha value is -1.75. The predicted molar refractivity (Wildman–Crippen MR) is 82.4 cm³/mol. The van der Waals surface area contributed by atoms with E-state index in [2.05, 4.69) is 0 Å². The van der Waals surface area contributed by atoms with Gasteiger partial charge in [-0.1, -0.05) is 0 Å². The largest absolute Gasteiger partial charge is 0.497 e. The van der Waals surface area contributed by atoms with E-state index in [1.807, 2.05) is 18.2 Å². The van der Waals surface area contributed by atoms with Crippen LogP contribution in [0.1, 0.15) is 31.2 Å². The van der Waals surface area contributed by atoms with E-state index in [4.69, 9.17) is 18.9 Å². The molecule has 1 heterocycles. The molecule has 1 aromatic rings. The molecule has 0 saturated carbocycles. The molecule has 0 radical (unpaired) electrons. The van der Waals surface area contributed by atoms with E-state index < -0.39 is 0 Å². The van der Waals surface area contributed by atoms with Gasteiger partial charge in [-0.2, -0.15) is 0 Å². The monoisotopic (exact) mass is 308 g/mol. The van der Waals surface area contributed by atoms with Crippen molar-refractivity contribution in [3.63, 3.8) is 0 Å². The minimum absolute atomic E-state index is 0.0645. The number of ether oxygens (including phenoxy) is 4. The highest BCUT2D eigenvalue weighted by Gasteiger charge is 2.16. The first-order valence-electron chi connectivity index (χ1n) is 7.70. The Morgan fingerprint density at radius 1 is 1.18 bits per heavy atom. The van der Waals surface area contributed by atoms with Crippen molar-refractivity contribution in [1.82, 2.24) is 0 Å². The van der Waals surface area contributed by atoms with E-state index >= 15 is 0 Å². The number of methoxy groups -OCH3 is 2. The standard InChI is InChI=1S/C17H24O5/c1-19-15-9-13(10-16(11-15)20-2)6-7-17(18)22-12-14-5-3-4-8-21-14/h9-11,14H,3-8,12H2,1-2H3. The summed E-state index contributed by atoms with van der Waals surface area (Å²) in [4.78, 5) is 11.8. The average molecular weight is 308 g/mol. The Bertz CT molecular complexity index is 458. The highest BCUT2D eigenvalue weighted by molar-refractivity contribution is 5.69. The van der Waals surface area contributed by atoms with E-state index in [1.165, 1.54) is 0 Å². The Morgan fingerprint density at radius 2 is 1.91 bits per heavy atom. The van der Waals surface area contributed by atoms with Crippen LogP contribution in [0.5, 0.6) is 11.5 Å². The maximum Gasteiger partial charge on any atom is 0.306 e. The van der Waals surface area contributed by atoms with Gasteiger partial charge in [-0.25, -0.2) is 0 Å². The van der Waals surface area contributed by atoms with Gasteiger partial charge in [0.05, 0.1) is 20.3 Å². The highest BCUT2D eigenvalue weighted by atomic mass is 16.6. The third-order valence-electron chi connectivity index (χ3n) is 3.73. The fourth-order valence-electron chi connectivity index (χ4n) is 2.45. The second kappa shape index (κ2) is 8.63. The van der Waals surface area contributed by atoms with Crippen LogP contribution in [-0.2, 0) is 20.7 Å². The molecule has 2 rings (SSSR count). The van der Waals surface area contributed by atoms with Gasteiger partial charge in [0.2, 0.25) is 0 Å². The van der Waals surface area contributed by atoms with Crippen molar-refractivity contribution in [3.05, 3.63) is 23.8 Å². The van der Waals surface area contributed by atoms with Gasteiger partial charge in [-0.05, 0) is 43.4 Å². The molecule has 5 nitrogen and oxygen atoms in total. The van der Waals surface area contributed by atoms with Crippen molar-refractivity contribution in [2.75, 3.05) is 27.4 Å². The molecule has 0 aromatic heterocycles. The summed E-state index contributed by atoms with van der Waals surface area (Å²) in [6.07, 6.45) is 4.21. The number of aryl methyl sites for hydroxylation is 1. The number of rotatable bonds is 7. The molecular formula is C17H24O5. The second-order valence-electron chi connectivity index (χ2n) is 5.39. The summed E-state index contributed by atoms with van der Waals surface area (Å²) < 4.78 is 21.3. The minimum Gasteiger partial charge on any atom is -0.497 e. The highest BCUT2D eigenvalue weighted by Crippen LogP contribution is 2.23. The van der Waals surface area contributed by atoms with Crippen LogP contribution in [0.3, 0.4) is 0 Å². The summed E-state index contributed by atoms with van der Waals surface area (Å²) in [5, 5.41) is 0. The van der Waals surface area contributed by atoms with Crippen molar-refractivity contribution in [2.24, 2.45) is 0 Å². The van der Waals surface area contributed by atoms with E-state index in [0.717, 1.165) is 42.9 Å². The fourth-order valence-corrected chi connectivity index (χ4v) is 2.45. The number of carbonyl (C=O) groups is 1. The van der Waals surface area contributed by atoms with Crippen LogP contribution in [-0.4, -0.2) is 39.5 Å². The van der Waals surface area contributed by atoms with Crippen LogP contribution < -0.4 is 9.47 Å². The summed E-state index contributed by atoms with van der Waals surface area (Å²) in [5.74, 6) is 1.24. The summed E-state index contributed by atoms with van der Waals surface area (Å²) >= 11 is 0. The quantitative estimate of drug-likeness (QED) is 0.725. The second-order valence-corrected chi connectivity index (χ2v) is 5.39. The molecule has 1 fully saturated rings. The number of benzene rings is 1. The van der Waals surface area contributed by atoms with Gasteiger partial charge in [0.1, 0.15) is 18.1 Å². The lowest BCUT2D eigenvalue weighted by atomic mass is 10.1. The zero-order chi connectivity index (χ0) is 15.8.